The molecule has 0 saturated carbocycles. The van der Waals surface area contributed by atoms with Gasteiger partial charge in [0, 0.05) is 5.56 Å². The quantitative estimate of drug-likeness (QED) is 0.477. The Balaban J connectivity index is 1.89. The molecule has 1 amide bonds. The van der Waals surface area contributed by atoms with Gasteiger partial charge in [0.05, 0.1) is 18.9 Å². The third-order valence-corrected chi connectivity index (χ3v) is 2.85. The summed E-state index contributed by atoms with van der Waals surface area (Å²) in [4.78, 5) is 21.7. The summed E-state index contributed by atoms with van der Waals surface area (Å²) >= 11 is 0. The zero-order chi connectivity index (χ0) is 17.5. The van der Waals surface area contributed by atoms with Crippen LogP contribution in [-0.4, -0.2) is 23.7 Å². The molecule has 0 radical (unpaired) electrons. The largest absolute Gasteiger partial charge is 0.493 e. The molecule has 2 rings (SSSR count). The lowest BCUT2D eigenvalue weighted by atomic mass is 10.2. The Hall–Kier alpha value is -3.16. The number of nitro groups is 1. The second kappa shape index (κ2) is 7.91. The molecule has 0 saturated heterocycles. The number of hydrogen-bond donors (Lipinski definition) is 1. The standard InChI is InChI=1S/C16H17N3O5/c1-11(2)10-23-13-5-3-12(4-6-13)16(20)18-17-9-14-7-8-15(24-14)19(21)22/h3-9,11H,10H2,1-2H3,(H,18,20). The highest BCUT2D eigenvalue weighted by atomic mass is 16.6. The summed E-state index contributed by atoms with van der Waals surface area (Å²) in [5.74, 6) is 0.466. The molecule has 0 aliphatic heterocycles. The maximum Gasteiger partial charge on any atom is 0.433 e. The van der Waals surface area contributed by atoms with E-state index in [0.29, 0.717) is 23.8 Å². The van der Waals surface area contributed by atoms with Crippen LogP contribution in [0.2, 0.25) is 0 Å². The van der Waals surface area contributed by atoms with Crippen molar-refractivity contribution in [1.29, 1.82) is 0 Å². The van der Waals surface area contributed by atoms with Crippen LogP contribution in [0.3, 0.4) is 0 Å². The molecule has 8 heteroatoms. The third kappa shape index (κ3) is 4.94. The van der Waals surface area contributed by atoms with E-state index in [9.17, 15) is 14.9 Å². The topological polar surface area (TPSA) is 107 Å². The lowest BCUT2D eigenvalue weighted by Gasteiger charge is -2.08. The summed E-state index contributed by atoms with van der Waals surface area (Å²) in [5, 5.41) is 14.2. The van der Waals surface area contributed by atoms with Crippen molar-refractivity contribution in [3.8, 4) is 5.75 Å². The molecular formula is C16H17N3O5. The van der Waals surface area contributed by atoms with Crippen LogP contribution in [0.15, 0.2) is 45.9 Å². The first-order valence-corrected chi connectivity index (χ1v) is 7.26. The molecule has 126 valence electrons. The van der Waals surface area contributed by atoms with Crippen molar-refractivity contribution < 1.29 is 18.9 Å². The minimum atomic E-state index is -0.654. The first-order valence-electron chi connectivity index (χ1n) is 7.26. The molecule has 0 atom stereocenters. The van der Waals surface area contributed by atoms with Gasteiger partial charge in [-0.3, -0.25) is 14.9 Å². The van der Waals surface area contributed by atoms with E-state index in [0.717, 1.165) is 0 Å². The van der Waals surface area contributed by atoms with Gasteiger partial charge in [-0.15, -0.1) is 0 Å². The summed E-state index contributed by atoms with van der Waals surface area (Å²) in [5.41, 5.74) is 2.73. The summed E-state index contributed by atoms with van der Waals surface area (Å²) in [7, 11) is 0. The maximum atomic E-state index is 11.9. The molecule has 0 fully saturated rings. The number of carbonyl (C=O) groups is 1. The molecule has 0 bridgehead atoms. The monoisotopic (exact) mass is 331 g/mol. The van der Waals surface area contributed by atoms with Crippen LogP contribution in [0.25, 0.3) is 0 Å². The number of carbonyl (C=O) groups excluding carboxylic acids is 1. The van der Waals surface area contributed by atoms with Crippen molar-refractivity contribution in [2.24, 2.45) is 11.0 Å². The molecule has 0 unspecified atom stereocenters. The highest BCUT2D eigenvalue weighted by Crippen LogP contribution is 2.14. The van der Waals surface area contributed by atoms with Gasteiger partial charge in [-0.05, 0) is 36.2 Å². The number of furan rings is 1. The summed E-state index contributed by atoms with van der Waals surface area (Å²) in [6.45, 7) is 4.70. The van der Waals surface area contributed by atoms with Gasteiger partial charge in [-0.1, -0.05) is 13.8 Å². The van der Waals surface area contributed by atoms with Crippen molar-refractivity contribution in [3.63, 3.8) is 0 Å². The summed E-state index contributed by atoms with van der Waals surface area (Å²) in [6.07, 6.45) is 1.19. The fourth-order valence-corrected chi connectivity index (χ4v) is 1.69. The SMILES string of the molecule is CC(C)COc1ccc(C(=O)NN=Cc2ccc([N+](=O)[O-])o2)cc1. The van der Waals surface area contributed by atoms with E-state index >= 15 is 0 Å². The minimum absolute atomic E-state index is 0.166. The Kier molecular flexibility index (Phi) is 5.67. The average Bonchev–Trinajstić information content (AvgIpc) is 3.02. The Labute approximate surface area is 138 Å². The van der Waals surface area contributed by atoms with E-state index in [1.165, 1.54) is 18.3 Å². The molecule has 2 aromatic rings. The molecule has 0 aliphatic carbocycles. The van der Waals surface area contributed by atoms with E-state index in [-0.39, 0.29) is 11.6 Å². The lowest BCUT2D eigenvalue weighted by molar-refractivity contribution is -0.402. The molecule has 1 aromatic carbocycles. The van der Waals surface area contributed by atoms with E-state index < -0.39 is 10.8 Å². The zero-order valence-corrected chi connectivity index (χ0v) is 13.3. The Morgan fingerprint density at radius 2 is 2.04 bits per heavy atom. The molecule has 8 nitrogen and oxygen atoms in total. The van der Waals surface area contributed by atoms with Crippen molar-refractivity contribution in [2.75, 3.05) is 6.61 Å². The highest BCUT2D eigenvalue weighted by molar-refractivity contribution is 5.94. The highest BCUT2D eigenvalue weighted by Gasteiger charge is 2.10. The number of hydrazone groups is 1. The number of nitrogens with one attached hydrogen (secondary N) is 1. The summed E-state index contributed by atoms with van der Waals surface area (Å²) in [6, 6.07) is 9.25. The molecular weight excluding hydrogens is 314 g/mol. The van der Waals surface area contributed by atoms with Crippen molar-refractivity contribution in [2.45, 2.75) is 13.8 Å². The lowest BCUT2D eigenvalue weighted by Crippen LogP contribution is -2.17. The van der Waals surface area contributed by atoms with Crippen LogP contribution in [0, 0.1) is 16.0 Å². The van der Waals surface area contributed by atoms with Gasteiger partial charge in [-0.2, -0.15) is 5.10 Å². The number of hydrogen-bond acceptors (Lipinski definition) is 6. The van der Waals surface area contributed by atoms with Gasteiger partial charge in [0.15, 0.2) is 5.76 Å². The predicted octanol–water partition coefficient (Wildman–Crippen LogP) is 2.99. The number of ether oxygens (including phenoxy) is 1. The number of rotatable bonds is 7. The van der Waals surface area contributed by atoms with E-state index in [1.807, 2.05) is 13.8 Å². The molecule has 1 N–H and O–H groups in total. The van der Waals surface area contributed by atoms with Crippen molar-refractivity contribution in [1.82, 2.24) is 5.43 Å². The Morgan fingerprint density at radius 3 is 2.62 bits per heavy atom. The molecule has 24 heavy (non-hydrogen) atoms. The Bertz CT molecular complexity index is 734. The van der Waals surface area contributed by atoms with E-state index in [2.05, 4.69) is 10.5 Å². The van der Waals surface area contributed by atoms with Gasteiger partial charge in [0.1, 0.15) is 10.7 Å². The van der Waals surface area contributed by atoms with Crippen LogP contribution >= 0.6 is 0 Å². The number of nitrogens with zero attached hydrogens (tertiary/aromatic N) is 2. The smallest absolute Gasteiger partial charge is 0.433 e. The fourth-order valence-electron chi connectivity index (χ4n) is 1.69. The second-order valence-electron chi connectivity index (χ2n) is 5.36. The number of amides is 1. The predicted molar refractivity (Wildman–Crippen MR) is 87.2 cm³/mol. The minimum Gasteiger partial charge on any atom is -0.493 e. The van der Waals surface area contributed by atoms with Gasteiger partial charge < -0.3 is 9.15 Å². The summed E-state index contributed by atoms with van der Waals surface area (Å²) < 4.78 is 10.4. The second-order valence-corrected chi connectivity index (χ2v) is 5.36. The van der Waals surface area contributed by atoms with Crippen LogP contribution in [0.1, 0.15) is 30.0 Å². The third-order valence-electron chi connectivity index (χ3n) is 2.85. The molecule has 0 spiro atoms. The average molecular weight is 331 g/mol. The normalized spacial score (nSPS) is 11.0. The van der Waals surface area contributed by atoms with Crippen molar-refractivity contribution >= 4 is 18.0 Å². The Morgan fingerprint density at radius 1 is 1.33 bits per heavy atom. The maximum absolute atomic E-state index is 11.9. The molecule has 1 aromatic heterocycles. The zero-order valence-electron chi connectivity index (χ0n) is 13.3. The van der Waals surface area contributed by atoms with Gasteiger partial charge in [-0.25, -0.2) is 5.43 Å². The van der Waals surface area contributed by atoms with Crippen LogP contribution in [0.4, 0.5) is 5.88 Å². The molecule has 1 heterocycles. The van der Waals surface area contributed by atoms with Gasteiger partial charge in [0.25, 0.3) is 5.91 Å². The van der Waals surface area contributed by atoms with Crippen molar-refractivity contribution in [3.05, 3.63) is 57.8 Å². The fraction of sp³-hybridized carbons (Fsp3) is 0.250. The molecule has 0 aliphatic rings. The van der Waals surface area contributed by atoms with Crippen LogP contribution in [-0.2, 0) is 0 Å². The van der Waals surface area contributed by atoms with Gasteiger partial charge >= 0.3 is 5.88 Å². The first kappa shape index (κ1) is 17.2. The number of benzene rings is 1. The van der Waals surface area contributed by atoms with Crippen LogP contribution < -0.4 is 10.2 Å². The van der Waals surface area contributed by atoms with E-state index in [4.69, 9.17) is 9.15 Å². The first-order chi connectivity index (χ1) is 11.5. The van der Waals surface area contributed by atoms with Gasteiger partial charge in [0.2, 0.25) is 0 Å². The van der Waals surface area contributed by atoms with Crippen LogP contribution in [0.5, 0.6) is 5.75 Å². The van der Waals surface area contributed by atoms with E-state index in [1.54, 1.807) is 24.3 Å².